The zero-order chi connectivity index (χ0) is 24.0. The van der Waals surface area contributed by atoms with Gasteiger partial charge in [-0.15, -0.1) is 6.58 Å². The van der Waals surface area contributed by atoms with Gasteiger partial charge in [-0.3, -0.25) is 14.5 Å². The van der Waals surface area contributed by atoms with E-state index in [1.807, 2.05) is 0 Å². The van der Waals surface area contributed by atoms with E-state index in [9.17, 15) is 14.4 Å². The Kier molecular flexibility index (Phi) is 7.78. The lowest BCUT2D eigenvalue weighted by Crippen LogP contribution is -2.37. The van der Waals surface area contributed by atoms with Gasteiger partial charge in [0.25, 0.3) is 5.91 Å². The lowest BCUT2D eigenvalue weighted by atomic mass is 10.1. The van der Waals surface area contributed by atoms with E-state index in [4.69, 9.17) is 21.7 Å². The Labute approximate surface area is 197 Å². The molecule has 0 aliphatic carbocycles. The minimum absolute atomic E-state index is 0.0871. The first-order chi connectivity index (χ1) is 15.9. The van der Waals surface area contributed by atoms with Gasteiger partial charge in [0.1, 0.15) is 11.8 Å². The van der Waals surface area contributed by atoms with Crippen molar-refractivity contribution in [2.75, 3.05) is 30.5 Å². The number of rotatable bonds is 9. The Balaban J connectivity index is 1.76. The van der Waals surface area contributed by atoms with Crippen molar-refractivity contribution in [2.45, 2.75) is 19.4 Å². The van der Waals surface area contributed by atoms with Crippen molar-refractivity contribution in [2.24, 2.45) is 0 Å². The Hall–Kier alpha value is -3.72. The van der Waals surface area contributed by atoms with Gasteiger partial charge in [-0.05, 0) is 67.7 Å². The molecule has 33 heavy (non-hydrogen) atoms. The second-order valence-electron chi connectivity index (χ2n) is 7.16. The quantitative estimate of drug-likeness (QED) is 0.344. The number of anilines is 2. The summed E-state index contributed by atoms with van der Waals surface area (Å²) in [5.41, 5.74) is 1.47. The molecule has 0 saturated carbocycles. The summed E-state index contributed by atoms with van der Waals surface area (Å²) in [6, 6.07) is 12.5. The highest BCUT2D eigenvalue weighted by Crippen LogP contribution is 2.28. The summed E-state index contributed by atoms with van der Waals surface area (Å²) < 4.78 is 10.1. The molecule has 172 valence electrons. The van der Waals surface area contributed by atoms with Crippen LogP contribution in [0.1, 0.15) is 23.7 Å². The molecular formula is C24H25N3O5S. The molecule has 9 heteroatoms. The summed E-state index contributed by atoms with van der Waals surface area (Å²) in [6.07, 6.45) is 1.54. The maximum absolute atomic E-state index is 13.3. The van der Waals surface area contributed by atoms with Crippen molar-refractivity contribution in [3.8, 4) is 5.75 Å². The number of hydrogen-bond donors (Lipinski definition) is 1. The molecule has 8 nitrogen and oxygen atoms in total. The highest BCUT2D eigenvalue weighted by molar-refractivity contribution is 7.80. The fourth-order valence-corrected chi connectivity index (χ4v) is 3.84. The number of methoxy groups -OCH3 is 1. The number of nitrogens with one attached hydrogen (secondary N) is 1. The number of carbonyl (C=O) groups is 3. The standard InChI is InChI=1S/C24H25N3O5S/c1-4-14-26-20(15-21(28)25-17-8-12-19(31-3)13-9-17)22(29)27(24(26)33)18-10-6-16(7-11-18)23(30)32-5-2/h4,6-13,20H,1,5,14-15H2,2-3H3,(H,25,28)/t20-/m1/s1. The van der Waals surface area contributed by atoms with E-state index in [0.717, 1.165) is 0 Å². The fourth-order valence-electron chi connectivity index (χ4n) is 3.44. The Bertz CT molecular complexity index is 1050. The third kappa shape index (κ3) is 5.38. The van der Waals surface area contributed by atoms with Crippen LogP contribution in [0.4, 0.5) is 11.4 Å². The van der Waals surface area contributed by atoms with E-state index < -0.39 is 12.0 Å². The Morgan fingerprint density at radius 3 is 2.39 bits per heavy atom. The van der Waals surface area contributed by atoms with Crippen LogP contribution in [0.25, 0.3) is 0 Å². The predicted molar refractivity (Wildman–Crippen MR) is 129 cm³/mol. The van der Waals surface area contributed by atoms with Gasteiger partial charge in [0.15, 0.2) is 5.11 Å². The number of benzene rings is 2. The minimum atomic E-state index is -0.779. The van der Waals surface area contributed by atoms with Gasteiger partial charge in [-0.2, -0.15) is 0 Å². The summed E-state index contributed by atoms with van der Waals surface area (Å²) in [7, 11) is 1.56. The van der Waals surface area contributed by atoms with Gasteiger partial charge in [-0.25, -0.2) is 4.79 Å². The monoisotopic (exact) mass is 467 g/mol. The molecule has 2 aromatic carbocycles. The predicted octanol–water partition coefficient (Wildman–Crippen LogP) is 3.39. The normalized spacial score (nSPS) is 15.4. The van der Waals surface area contributed by atoms with Crippen LogP contribution in [-0.4, -0.2) is 54.1 Å². The van der Waals surface area contributed by atoms with Crippen LogP contribution in [0.15, 0.2) is 61.2 Å². The van der Waals surface area contributed by atoms with Gasteiger partial charge < -0.3 is 19.7 Å². The van der Waals surface area contributed by atoms with Crippen LogP contribution in [0.5, 0.6) is 5.75 Å². The average Bonchev–Trinajstić information content (AvgIpc) is 3.04. The first-order valence-electron chi connectivity index (χ1n) is 10.4. The second-order valence-corrected chi connectivity index (χ2v) is 7.53. The molecule has 0 radical (unpaired) electrons. The van der Waals surface area contributed by atoms with Crippen molar-refractivity contribution < 1.29 is 23.9 Å². The molecular weight excluding hydrogens is 442 g/mol. The summed E-state index contributed by atoms with van der Waals surface area (Å²) in [5, 5.41) is 3.06. The topological polar surface area (TPSA) is 88.2 Å². The lowest BCUT2D eigenvalue weighted by Gasteiger charge is -2.22. The molecule has 2 aromatic rings. The highest BCUT2D eigenvalue weighted by Gasteiger charge is 2.43. The molecule has 1 atom stereocenters. The lowest BCUT2D eigenvalue weighted by molar-refractivity contribution is -0.124. The van der Waals surface area contributed by atoms with Crippen molar-refractivity contribution >= 4 is 46.5 Å². The van der Waals surface area contributed by atoms with E-state index in [2.05, 4.69) is 11.9 Å². The smallest absolute Gasteiger partial charge is 0.338 e. The van der Waals surface area contributed by atoms with Crippen molar-refractivity contribution in [3.05, 3.63) is 66.7 Å². The van der Waals surface area contributed by atoms with E-state index >= 15 is 0 Å². The molecule has 0 unspecified atom stereocenters. The maximum Gasteiger partial charge on any atom is 0.338 e. The first-order valence-corrected chi connectivity index (χ1v) is 10.8. The number of ether oxygens (including phenoxy) is 2. The highest BCUT2D eigenvalue weighted by atomic mass is 32.1. The molecule has 1 saturated heterocycles. The van der Waals surface area contributed by atoms with Gasteiger partial charge in [0, 0.05) is 12.2 Å². The average molecular weight is 468 g/mol. The summed E-state index contributed by atoms with van der Waals surface area (Å²) in [6.45, 7) is 6.04. The fraction of sp³-hybridized carbons (Fsp3) is 0.250. The molecule has 1 heterocycles. The zero-order valence-corrected chi connectivity index (χ0v) is 19.3. The van der Waals surface area contributed by atoms with Gasteiger partial charge in [0.2, 0.25) is 5.91 Å². The number of hydrogen-bond acceptors (Lipinski definition) is 6. The van der Waals surface area contributed by atoms with Crippen LogP contribution in [0, 0.1) is 0 Å². The molecule has 1 N–H and O–H groups in total. The van der Waals surface area contributed by atoms with Crippen molar-refractivity contribution in [1.29, 1.82) is 0 Å². The zero-order valence-electron chi connectivity index (χ0n) is 18.4. The van der Waals surface area contributed by atoms with E-state index in [1.54, 1.807) is 73.5 Å². The number of thiocarbonyl (C=S) groups is 1. The van der Waals surface area contributed by atoms with E-state index in [0.29, 0.717) is 29.2 Å². The molecule has 0 bridgehead atoms. The molecule has 0 spiro atoms. The molecule has 0 aromatic heterocycles. The number of nitrogens with zero attached hydrogens (tertiary/aromatic N) is 2. The largest absolute Gasteiger partial charge is 0.497 e. The van der Waals surface area contributed by atoms with Gasteiger partial charge in [-0.1, -0.05) is 6.08 Å². The molecule has 1 aliphatic heterocycles. The Morgan fingerprint density at radius 1 is 1.15 bits per heavy atom. The second kappa shape index (κ2) is 10.7. The molecule has 1 fully saturated rings. The van der Waals surface area contributed by atoms with Gasteiger partial charge >= 0.3 is 5.97 Å². The molecule has 3 rings (SSSR count). The number of amides is 2. The third-order valence-electron chi connectivity index (χ3n) is 5.03. The first kappa shape index (κ1) is 23.9. The molecule has 2 amide bonds. The van der Waals surface area contributed by atoms with Crippen molar-refractivity contribution in [3.63, 3.8) is 0 Å². The van der Waals surface area contributed by atoms with Gasteiger partial charge in [0.05, 0.1) is 31.4 Å². The minimum Gasteiger partial charge on any atom is -0.497 e. The van der Waals surface area contributed by atoms with Crippen molar-refractivity contribution in [1.82, 2.24) is 4.90 Å². The van der Waals surface area contributed by atoms with Crippen LogP contribution in [0.3, 0.4) is 0 Å². The van der Waals surface area contributed by atoms with Crippen LogP contribution >= 0.6 is 12.2 Å². The van der Waals surface area contributed by atoms with E-state index in [1.165, 1.54) is 4.90 Å². The van der Waals surface area contributed by atoms with E-state index in [-0.39, 0.29) is 30.0 Å². The number of esters is 1. The summed E-state index contributed by atoms with van der Waals surface area (Å²) >= 11 is 5.55. The van der Waals surface area contributed by atoms with Crippen LogP contribution < -0.4 is 15.0 Å². The number of carbonyl (C=O) groups excluding carboxylic acids is 3. The maximum atomic E-state index is 13.3. The van der Waals surface area contributed by atoms with Crippen LogP contribution in [0.2, 0.25) is 0 Å². The Morgan fingerprint density at radius 2 is 1.82 bits per heavy atom. The SMILES string of the molecule is C=CCN1C(=S)N(c2ccc(C(=O)OCC)cc2)C(=O)[C@H]1CC(=O)Nc1ccc(OC)cc1. The van der Waals surface area contributed by atoms with Crippen LogP contribution in [-0.2, 0) is 14.3 Å². The molecule has 1 aliphatic rings. The third-order valence-corrected chi connectivity index (χ3v) is 5.45. The summed E-state index contributed by atoms with van der Waals surface area (Å²) in [5.74, 6) is -0.419. The summed E-state index contributed by atoms with van der Waals surface area (Å²) in [4.78, 5) is 40.9.